The molecule has 2 heterocycles. The van der Waals surface area contributed by atoms with Crippen LogP contribution in [0.25, 0.3) is 0 Å². The molecule has 13 nitrogen and oxygen atoms in total. The molecule has 2 aliphatic heterocycles. The number of esters is 1. The maximum atomic E-state index is 13.6. The number of nitrogens with zero attached hydrogens (tertiary/aromatic N) is 4. The number of likely N-dealkylation sites (tertiary alicyclic amines) is 1. The Balaban J connectivity index is 1.54. The van der Waals surface area contributed by atoms with Gasteiger partial charge in [0, 0.05) is 31.8 Å². The van der Waals surface area contributed by atoms with E-state index in [1.54, 1.807) is 20.8 Å². The number of non-ortho nitro benzene ring substituents is 1. The van der Waals surface area contributed by atoms with Crippen molar-refractivity contribution in [2.45, 2.75) is 74.6 Å². The zero-order valence-corrected chi connectivity index (χ0v) is 22.3. The van der Waals surface area contributed by atoms with Crippen molar-refractivity contribution in [2.75, 3.05) is 26.2 Å². The van der Waals surface area contributed by atoms with E-state index in [0.717, 1.165) is 28.6 Å². The molecule has 1 spiro atoms. The molecule has 2 atom stereocenters. The van der Waals surface area contributed by atoms with Crippen molar-refractivity contribution < 1.29 is 37.6 Å². The number of hydrogen-bond acceptors (Lipinski definition) is 9. The Bertz CT molecular complexity index is 1240. The fourth-order valence-corrected chi connectivity index (χ4v) is 6.91. The molecule has 1 aromatic carbocycles. The summed E-state index contributed by atoms with van der Waals surface area (Å²) in [6.07, 6.45) is 1.45. The number of sulfonamides is 1. The van der Waals surface area contributed by atoms with E-state index in [2.05, 4.69) is 0 Å². The van der Waals surface area contributed by atoms with Crippen LogP contribution in [-0.4, -0.2) is 99.8 Å². The molecule has 1 saturated carbocycles. The zero-order valence-electron chi connectivity index (χ0n) is 21.5. The van der Waals surface area contributed by atoms with Crippen LogP contribution in [0, 0.1) is 10.1 Å². The zero-order chi connectivity index (χ0) is 28.0. The minimum Gasteiger partial charge on any atom is -0.458 e. The lowest BCUT2D eigenvalue weighted by molar-refractivity contribution is -0.384. The van der Waals surface area contributed by atoms with Crippen molar-refractivity contribution in [1.82, 2.24) is 14.1 Å². The van der Waals surface area contributed by atoms with Crippen molar-refractivity contribution in [3.05, 3.63) is 34.4 Å². The Kier molecular flexibility index (Phi) is 7.27. The number of nitro benzene ring substituents is 1. The van der Waals surface area contributed by atoms with E-state index in [4.69, 9.17) is 4.74 Å². The summed E-state index contributed by atoms with van der Waals surface area (Å²) in [7, 11) is -4.17. The predicted molar refractivity (Wildman–Crippen MR) is 132 cm³/mol. The molecule has 1 aliphatic carbocycles. The van der Waals surface area contributed by atoms with Crippen LogP contribution in [0.4, 0.5) is 5.69 Å². The van der Waals surface area contributed by atoms with Gasteiger partial charge in [0.25, 0.3) is 5.69 Å². The van der Waals surface area contributed by atoms with Crippen molar-refractivity contribution >= 4 is 33.5 Å². The summed E-state index contributed by atoms with van der Waals surface area (Å²) in [4.78, 5) is 52.5. The molecular weight excluding hydrogens is 520 g/mol. The number of nitro groups is 1. The topological polar surface area (TPSA) is 168 Å². The molecule has 2 amide bonds. The minimum atomic E-state index is -4.17. The smallest absolute Gasteiger partial charge is 0.329 e. The highest BCUT2D eigenvalue weighted by Gasteiger charge is 2.63. The summed E-state index contributed by atoms with van der Waals surface area (Å²) in [6.45, 7) is 4.49. The largest absolute Gasteiger partial charge is 0.458 e. The fourth-order valence-electron chi connectivity index (χ4n) is 5.13. The summed E-state index contributed by atoms with van der Waals surface area (Å²) in [6, 6.07) is 2.33. The van der Waals surface area contributed by atoms with Crippen LogP contribution in [0.2, 0.25) is 0 Å². The Morgan fingerprint density at radius 2 is 1.82 bits per heavy atom. The number of piperazine rings is 1. The number of rotatable bonds is 7. The maximum Gasteiger partial charge on any atom is 0.329 e. The number of aliphatic hydroxyl groups excluding tert-OH is 1. The monoisotopic (exact) mass is 552 g/mol. The number of hydrogen-bond donors (Lipinski definition) is 1. The minimum absolute atomic E-state index is 0.121. The molecule has 1 N–H and O–H groups in total. The number of carbonyl (C=O) groups is 3. The Hall–Kier alpha value is -3.10. The van der Waals surface area contributed by atoms with Gasteiger partial charge in [-0.05, 0) is 58.6 Å². The molecule has 14 heteroatoms. The van der Waals surface area contributed by atoms with Gasteiger partial charge in [0.1, 0.15) is 23.2 Å². The van der Waals surface area contributed by atoms with E-state index in [1.165, 1.54) is 9.80 Å². The molecule has 38 heavy (non-hydrogen) atoms. The van der Waals surface area contributed by atoms with Crippen molar-refractivity contribution in [3.63, 3.8) is 0 Å². The molecule has 0 unspecified atom stereocenters. The summed E-state index contributed by atoms with van der Waals surface area (Å²) < 4.78 is 33.3. The standard InChI is InChI=1S/C24H32N4O9S/c1-23(2,3)37-21(31)18-5-4-12-25(18)20(30)19(15-29)26-13-14-27(24(10-11-24)22(26)32)38(35,36)17-8-6-16(7-9-17)28(33)34/h6-9,18-19,29H,4-5,10-15H2,1-3H3/t18-,19-/m0/s1. The highest BCUT2D eigenvalue weighted by atomic mass is 32.2. The molecule has 1 aromatic rings. The second kappa shape index (κ2) is 9.89. The SMILES string of the molecule is CC(C)(C)OC(=O)[C@@H]1CCCN1C(=O)[C@H](CO)N1CCN(S(=O)(=O)c2ccc([N+](=O)[O-])cc2)C2(CC2)C1=O. The lowest BCUT2D eigenvalue weighted by atomic mass is 10.1. The van der Waals surface area contributed by atoms with Crippen LogP contribution < -0.4 is 0 Å². The number of benzene rings is 1. The van der Waals surface area contributed by atoms with Gasteiger partial charge in [0.2, 0.25) is 21.8 Å². The Morgan fingerprint density at radius 1 is 1.18 bits per heavy atom. The quantitative estimate of drug-likeness (QED) is 0.290. The summed E-state index contributed by atoms with van der Waals surface area (Å²) in [5.74, 6) is -1.73. The van der Waals surface area contributed by atoms with Gasteiger partial charge in [-0.25, -0.2) is 13.2 Å². The third-order valence-corrected chi connectivity index (χ3v) is 9.07. The van der Waals surface area contributed by atoms with E-state index in [0.29, 0.717) is 12.8 Å². The average Bonchev–Trinajstić information content (AvgIpc) is 3.46. The van der Waals surface area contributed by atoms with Gasteiger partial charge in [0.15, 0.2) is 0 Å². The molecule has 4 rings (SSSR count). The highest BCUT2D eigenvalue weighted by molar-refractivity contribution is 7.89. The normalized spacial score (nSPS) is 22.4. The molecule has 0 aromatic heterocycles. The van der Waals surface area contributed by atoms with Gasteiger partial charge in [-0.2, -0.15) is 4.31 Å². The van der Waals surface area contributed by atoms with Crippen molar-refractivity contribution in [1.29, 1.82) is 0 Å². The number of carbonyl (C=O) groups excluding carboxylic acids is 3. The Morgan fingerprint density at radius 3 is 2.34 bits per heavy atom. The predicted octanol–water partition coefficient (Wildman–Crippen LogP) is 0.654. The lowest BCUT2D eigenvalue weighted by Crippen LogP contribution is -2.65. The van der Waals surface area contributed by atoms with E-state index in [1.807, 2.05) is 0 Å². The maximum absolute atomic E-state index is 13.6. The van der Waals surface area contributed by atoms with Crippen LogP contribution in [0.1, 0.15) is 46.5 Å². The number of amides is 2. The second-order valence-electron chi connectivity index (χ2n) is 10.8. The molecule has 3 fully saturated rings. The fraction of sp³-hybridized carbons (Fsp3) is 0.625. The van der Waals surface area contributed by atoms with Gasteiger partial charge < -0.3 is 19.6 Å². The van der Waals surface area contributed by atoms with E-state index in [-0.39, 0.29) is 43.1 Å². The summed E-state index contributed by atoms with van der Waals surface area (Å²) >= 11 is 0. The van der Waals surface area contributed by atoms with Gasteiger partial charge >= 0.3 is 5.97 Å². The number of ether oxygens (including phenoxy) is 1. The van der Waals surface area contributed by atoms with Crippen LogP contribution in [0.5, 0.6) is 0 Å². The summed E-state index contributed by atoms with van der Waals surface area (Å²) in [5.41, 5.74) is -2.39. The van der Waals surface area contributed by atoms with Gasteiger partial charge in [-0.1, -0.05) is 0 Å². The van der Waals surface area contributed by atoms with E-state index < -0.39 is 62.6 Å². The van der Waals surface area contributed by atoms with E-state index >= 15 is 0 Å². The molecular formula is C24H32N4O9S. The van der Waals surface area contributed by atoms with Crippen LogP contribution in [0.3, 0.4) is 0 Å². The van der Waals surface area contributed by atoms with Crippen molar-refractivity contribution in [3.8, 4) is 0 Å². The third kappa shape index (κ3) is 4.99. The highest BCUT2D eigenvalue weighted by Crippen LogP contribution is 2.48. The van der Waals surface area contributed by atoms with Crippen LogP contribution in [0.15, 0.2) is 29.2 Å². The summed E-state index contributed by atoms with van der Waals surface area (Å²) in [5, 5.41) is 21.1. The van der Waals surface area contributed by atoms with E-state index in [9.17, 15) is 38.0 Å². The first kappa shape index (κ1) is 27.9. The first-order valence-corrected chi connectivity index (χ1v) is 13.9. The first-order valence-electron chi connectivity index (χ1n) is 12.5. The van der Waals surface area contributed by atoms with Gasteiger partial charge in [-0.3, -0.25) is 19.7 Å². The average molecular weight is 553 g/mol. The number of aliphatic hydroxyl groups is 1. The van der Waals surface area contributed by atoms with Gasteiger partial charge in [-0.15, -0.1) is 0 Å². The second-order valence-corrected chi connectivity index (χ2v) is 12.6. The Labute approximate surface area is 220 Å². The molecule has 208 valence electrons. The molecule has 0 bridgehead atoms. The van der Waals surface area contributed by atoms with Gasteiger partial charge in [0.05, 0.1) is 16.4 Å². The lowest BCUT2D eigenvalue weighted by Gasteiger charge is -2.43. The molecule has 0 radical (unpaired) electrons. The third-order valence-electron chi connectivity index (χ3n) is 7.09. The van der Waals surface area contributed by atoms with Crippen LogP contribution >= 0.6 is 0 Å². The molecule has 2 saturated heterocycles. The van der Waals surface area contributed by atoms with Crippen LogP contribution in [-0.2, 0) is 29.1 Å². The first-order chi connectivity index (χ1) is 17.7. The molecule has 3 aliphatic rings. The van der Waals surface area contributed by atoms with Crippen molar-refractivity contribution in [2.24, 2.45) is 0 Å².